The Bertz CT molecular complexity index is 974. The van der Waals surface area contributed by atoms with Gasteiger partial charge in [-0.25, -0.2) is 4.79 Å². The number of rotatable bonds is 20. The van der Waals surface area contributed by atoms with E-state index in [0.717, 1.165) is 0 Å². The molecule has 0 aromatic heterocycles. The van der Waals surface area contributed by atoms with Crippen molar-refractivity contribution in [2.24, 2.45) is 17.6 Å². The van der Waals surface area contributed by atoms with Gasteiger partial charge in [-0.3, -0.25) is 28.8 Å². The summed E-state index contributed by atoms with van der Waals surface area (Å²) in [4.78, 5) is 85.7. The summed E-state index contributed by atoms with van der Waals surface area (Å²) in [7, 11) is 0. The Labute approximate surface area is 244 Å². The van der Waals surface area contributed by atoms with Crippen LogP contribution in [0.5, 0.6) is 0 Å². The maximum absolute atomic E-state index is 13.2. The van der Waals surface area contributed by atoms with Gasteiger partial charge in [0.25, 0.3) is 0 Å². The number of hydrogen-bond acceptors (Lipinski definition) is 9. The molecule has 8 atom stereocenters. The predicted octanol–water partition coefficient (Wildman–Crippen LogP) is -1.46. The van der Waals surface area contributed by atoms with Crippen molar-refractivity contribution in [3.63, 3.8) is 0 Å². The molecule has 0 rings (SSSR count). The van der Waals surface area contributed by atoms with Crippen LogP contribution < -0.4 is 27.0 Å². The number of aliphatic hydroxyl groups is 1. The van der Waals surface area contributed by atoms with Crippen molar-refractivity contribution in [2.45, 2.75) is 109 Å². The molecule has 4 amide bonds. The third-order valence-electron chi connectivity index (χ3n) is 6.96. The van der Waals surface area contributed by atoms with Gasteiger partial charge in [-0.2, -0.15) is 0 Å². The summed E-state index contributed by atoms with van der Waals surface area (Å²) in [6, 6.07) is -7.07. The standard InChI is InChI=1S/C26H45N5O11/c1-6-12(3)19(27)24(39)31-21(14(5)32)25(40)29-15(8-10-17(33)34)22(37)28-16(9-11-18(35)36)23(38)30-20(26(41)42)13(4)7-2/h12-16,19-21,32H,6-11,27H2,1-5H3,(H,28,37)(H,29,40)(H,30,38)(H,31,39)(H,33,34)(H,35,36)(H,41,42)/t12-,13-,14+,15-,16-,19-,20-,21-/m0/s1. The molecule has 0 saturated carbocycles. The van der Waals surface area contributed by atoms with Crippen molar-refractivity contribution < 1.29 is 54.0 Å². The molecule has 240 valence electrons. The molecule has 42 heavy (non-hydrogen) atoms. The van der Waals surface area contributed by atoms with Crippen LogP contribution in [-0.2, 0) is 33.6 Å². The van der Waals surface area contributed by atoms with Crippen LogP contribution in [-0.4, -0.2) is 98.3 Å². The number of nitrogens with two attached hydrogens (primary N) is 1. The highest BCUT2D eigenvalue weighted by Crippen LogP contribution is 2.11. The van der Waals surface area contributed by atoms with Crippen LogP contribution in [0.25, 0.3) is 0 Å². The molecule has 16 nitrogen and oxygen atoms in total. The van der Waals surface area contributed by atoms with E-state index in [0.29, 0.717) is 12.8 Å². The van der Waals surface area contributed by atoms with Crippen molar-refractivity contribution in [1.82, 2.24) is 21.3 Å². The Morgan fingerprint density at radius 2 is 1.02 bits per heavy atom. The Balaban J connectivity index is 6.01. The second-order valence-corrected chi connectivity index (χ2v) is 10.3. The number of hydrogen-bond donors (Lipinski definition) is 9. The van der Waals surface area contributed by atoms with Gasteiger partial charge >= 0.3 is 17.9 Å². The predicted molar refractivity (Wildman–Crippen MR) is 148 cm³/mol. The monoisotopic (exact) mass is 603 g/mol. The Morgan fingerprint density at radius 3 is 1.40 bits per heavy atom. The summed E-state index contributed by atoms with van der Waals surface area (Å²) in [6.45, 7) is 8.00. The van der Waals surface area contributed by atoms with Crippen LogP contribution in [0.3, 0.4) is 0 Å². The minimum absolute atomic E-state index is 0.258. The first-order valence-electron chi connectivity index (χ1n) is 13.8. The van der Waals surface area contributed by atoms with E-state index >= 15 is 0 Å². The smallest absolute Gasteiger partial charge is 0.326 e. The molecule has 0 aromatic rings. The van der Waals surface area contributed by atoms with Crippen molar-refractivity contribution >= 4 is 41.5 Å². The molecule has 0 aliphatic heterocycles. The zero-order valence-electron chi connectivity index (χ0n) is 24.6. The summed E-state index contributed by atoms with van der Waals surface area (Å²) < 4.78 is 0. The molecule has 0 spiro atoms. The number of carboxylic acid groups (broad SMARTS) is 3. The quantitative estimate of drug-likeness (QED) is 0.0772. The molecule has 0 aromatic carbocycles. The highest BCUT2D eigenvalue weighted by molar-refractivity contribution is 5.96. The van der Waals surface area contributed by atoms with Crippen molar-refractivity contribution in [2.75, 3.05) is 0 Å². The molecular formula is C26H45N5O11. The number of carbonyl (C=O) groups excluding carboxylic acids is 4. The molecule has 0 aliphatic rings. The van der Waals surface area contributed by atoms with Gasteiger partial charge in [0.2, 0.25) is 23.6 Å². The summed E-state index contributed by atoms with van der Waals surface area (Å²) in [5, 5.41) is 47.0. The van der Waals surface area contributed by atoms with Gasteiger partial charge in [0.1, 0.15) is 24.2 Å². The maximum Gasteiger partial charge on any atom is 0.326 e. The zero-order valence-corrected chi connectivity index (χ0v) is 24.6. The van der Waals surface area contributed by atoms with E-state index in [2.05, 4.69) is 21.3 Å². The molecule has 0 saturated heterocycles. The fourth-order valence-electron chi connectivity index (χ4n) is 3.71. The van der Waals surface area contributed by atoms with Gasteiger partial charge in [-0.15, -0.1) is 0 Å². The maximum atomic E-state index is 13.2. The van der Waals surface area contributed by atoms with E-state index in [4.69, 9.17) is 15.9 Å². The van der Waals surface area contributed by atoms with Crippen LogP contribution in [0, 0.1) is 11.8 Å². The van der Waals surface area contributed by atoms with Gasteiger partial charge in [-0.05, 0) is 31.6 Å². The van der Waals surface area contributed by atoms with Crippen molar-refractivity contribution in [3.8, 4) is 0 Å². The second kappa shape index (κ2) is 18.6. The Kier molecular flexibility index (Phi) is 16.9. The van der Waals surface area contributed by atoms with E-state index in [9.17, 15) is 43.8 Å². The Hall–Kier alpha value is -3.79. The number of aliphatic carboxylic acids is 3. The zero-order chi connectivity index (χ0) is 32.7. The molecule has 16 heteroatoms. The fraction of sp³-hybridized carbons (Fsp3) is 0.731. The lowest BCUT2D eigenvalue weighted by Gasteiger charge is -2.28. The number of carboxylic acids is 3. The number of aliphatic hydroxyl groups excluding tert-OH is 1. The lowest BCUT2D eigenvalue weighted by atomic mass is 9.98. The highest BCUT2D eigenvalue weighted by Gasteiger charge is 2.34. The molecule has 0 fully saturated rings. The molecule has 0 aliphatic carbocycles. The summed E-state index contributed by atoms with van der Waals surface area (Å²) in [5.74, 6) is -8.58. The van der Waals surface area contributed by atoms with Crippen LogP contribution in [0.2, 0.25) is 0 Å². The van der Waals surface area contributed by atoms with Gasteiger partial charge in [0.15, 0.2) is 0 Å². The first-order chi connectivity index (χ1) is 19.5. The Morgan fingerprint density at radius 1 is 0.619 bits per heavy atom. The van der Waals surface area contributed by atoms with Crippen LogP contribution in [0.1, 0.15) is 73.1 Å². The minimum Gasteiger partial charge on any atom is -0.481 e. The van der Waals surface area contributed by atoms with E-state index in [-0.39, 0.29) is 5.92 Å². The average molecular weight is 604 g/mol. The third-order valence-corrected chi connectivity index (χ3v) is 6.96. The molecular weight excluding hydrogens is 558 g/mol. The van der Waals surface area contributed by atoms with Gasteiger partial charge in [0, 0.05) is 12.8 Å². The lowest BCUT2D eigenvalue weighted by Crippen LogP contribution is -2.61. The number of nitrogens with one attached hydrogen (secondary N) is 4. The normalized spacial score (nSPS) is 16.7. The van der Waals surface area contributed by atoms with E-state index in [1.165, 1.54) is 6.92 Å². The molecule has 0 bridgehead atoms. The average Bonchev–Trinajstić information content (AvgIpc) is 2.92. The number of carbonyl (C=O) groups is 7. The van der Waals surface area contributed by atoms with Gasteiger partial charge in [-0.1, -0.05) is 40.5 Å². The van der Waals surface area contributed by atoms with Crippen molar-refractivity contribution in [1.29, 1.82) is 0 Å². The second-order valence-electron chi connectivity index (χ2n) is 10.3. The molecule has 10 N–H and O–H groups in total. The van der Waals surface area contributed by atoms with E-state index < -0.39 is 109 Å². The van der Waals surface area contributed by atoms with Crippen LogP contribution in [0.15, 0.2) is 0 Å². The van der Waals surface area contributed by atoms with Crippen LogP contribution in [0.4, 0.5) is 0 Å². The largest absolute Gasteiger partial charge is 0.481 e. The lowest BCUT2D eigenvalue weighted by molar-refractivity contribution is -0.144. The minimum atomic E-state index is -1.60. The summed E-state index contributed by atoms with van der Waals surface area (Å²) in [5.41, 5.74) is 5.89. The van der Waals surface area contributed by atoms with E-state index in [1.807, 2.05) is 0 Å². The first kappa shape index (κ1) is 38.2. The SMILES string of the molecule is CC[C@H](C)[C@H](N)C(=O)N[C@H](C(=O)N[C@@H](CCC(=O)O)C(=O)N[C@@H](CCC(=O)O)C(=O)N[C@H](C(=O)O)[C@@H](C)CC)[C@@H](C)O. The number of amides is 4. The first-order valence-corrected chi connectivity index (χ1v) is 13.8. The van der Waals surface area contributed by atoms with Crippen molar-refractivity contribution in [3.05, 3.63) is 0 Å². The summed E-state index contributed by atoms with van der Waals surface area (Å²) >= 11 is 0. The van der Waals surface area contributed by atoms with Gasteiger partial charge in [0.05, 0.1) is 12.1 Å². The molecule has 0 radical (unpaired) electrons. The topological polar surface area (TPSA) is 275 Å². The van der Waals surface area contributed by atoms with E-state index in [1.54, 1.807) is 27.7 Å². The fourth-order valence-corrected chi connectivity index (χ4v) is 3.71. The molecule has 0 heterocycles. The van der Waals surface area contributed by atoms with Gasteiger partial charge < -0.3 is 47.4 Å². The third kappa shape index (κ3) is 13.2. The molecule has 0 unspecified atom stereocenters. The summed E-state index contributed by atoms with van der Waals surface area (Å²) in [6.07, 6.45) is -2.63. The highest BCUT2D eigenvalue weighted by atomic mass is 16.4. The van der Waals surface area contributed by atoms with Crippen LogP contribution >= 0.6 is 0 Å².